The molecule has 2 aromatic rings. The summed E-state index contributed by atoms with van der Waals surface area (Å²) in [7, 11) is 0. The Morgan fingerprint density at radius 1 is 1.40 bits per heavy atom. The summed E-state index contributed by atoms with van der Waals surface area (Å²) >= 11 is 0. The monoisotopic (exact) mass is 133 g/mol. The molecule has 2 heterocycles. The zero-order valence-corrected chi connectivity index (χ0v) is 5.13. The van der Waals surface area contributed by atoms with Crippen molar-refractivity contribution in [2.75, 3.05) is 0 Å². The van der Waals surface area contributed by atoms with Crippen LogP contribution in [0.3, 0.4) is 0 Å². The molecule has 0 aromatic carbocycles. The minimum Gasteiger partial charge on any atom is -0.285 e. The van der Waals surface area contributed by atoms with Crippen molar-refractivity contribution >= 4 is 0 Å². The van der Waals surface area contributed by atoms with Crippen molar-refractivity contribution in [1.29, 1.82) is 0 Å². The van der Waals surface area contributed by atoms with Gasteiger partial charge in [-0.2, -0.15) is 10.2 Å². The van der Waals surface area contributed by atoms with Crippen molar-refractivity contribution in [3.63, 3.8) is 0 Å². The van der Waals surface area contributed by atoms with Crippen LogP contribution in [-0.4, -0.2) is 20.4 Å². The van der Waals surface area contributed by atoms with Crippen molar-refractivity contribution in [2.24, 2.45) is 0 Å². The summed E-state index contributed by atoms with van der Waals surface area (Å²) in [6.45, 7) is 0. The fourth-order valence-electron chi connectivity index (χ4n) is 0.758. The summed E-state index contributed by atoms with van der Waals surface area (Å²) in [6.07, 6.45) is 5.13. The molecule has 0 amide bonds. The Bertz CT molecular complexity index is 249. The number of aromatic nitrogens is 4. The predicted molar refractivity (Wildman–Crippen MR) is 35.0 cm³/mol. The summed E-state index contributed by atoms with van der Waals surface area (Å²) in [4.78, 5) is 0. The van der Waals surface area contributed by atoms with Crippen molar-refractivity contribution in [3.8, 4) is 11.3 Å². The first-order valence-corrected chi connectivity index (χ1v) is 2.87. The smallest absolute Gasteiger partial charge is 0.103 e. The minimum atomic E-state index is 0.786. The van der Waals surface area contributed by atoms with Crippen LogP contribution in [0.2, 0.25) is 0 Å². The molecule has 0 unspecified atom stereocenters. The normalized spacial score (nSPS) is 10.0. The lowest BCUT2D eigenvalue weighted by Gasteiger charge is -1.81. The van der Waals surface area contributed by atoms with Gasteiger partial charge in [-0.3, -0.25) is 10.2 Å². The lowest BCUT2D eigenvalue weighted by molar-refractivity contribution is 1.09. The predicted octanol–water partition coefficient (Wildman–Crippen LogP) is 0.600. The van der Waals surface area contributed by atoms with Crippen molar-refractivity contribution in [3.05, 3.63) is 24.7 Å². The van der Waals surface area contributed by atoms with Gasteiger partial charge in [-0.25, -0.2) is 0 Å². The standard InChI is InChI=1S/C6H5N4/c1-2-7-10-6(1)5-3-8-9-4-5/h2-4H,(H,7,10)(H,8,9). The van der Waals surface area contributed by atoms with Gasteiger partial charge >= 0.3 is 0 Å². The second-order valence-corrected chi connectivity index (χ2v) is 1.87. The van der Waals surface area contributed by atoms with Crippen LogP contribution >= 0.6 is 0 Å². The van der Waals surface area contributed by atoms with Crippen LogP contribution < -0.4 is 0 Å². The third kappa shape index (κ3) is 0.699. The summed E-state index contributed by atoms with van der Waals surface area (Å²) in [5.41, 5.74) is 1.73. The van der Waals surface area contributed by atoms with E-state index in [9.17, 15) is 0 Å². The lowest BCUT2D eigenvalue weighted by atomic mass is 10.3. The van der Waals surface area contributed by atoms with Crippen LogP contribution in [0.15, 0.2) is 18.6 Å². The highest BCUT2D eigenvalue weighted by atomic mass is 15.1. The maximum atomic E-state index is 3.92. The quantitative estimate of drug-likeness (QED) is 0.598. The second-order valence-electron chi connectivity index (χ2n) is 1.87. The third-order valence-electron chi connectivity index (χ3n) is 1.22. The van der Waals surface area contributed by atoms with Crippen LogP contribution in [0.5, 0.6) is 0 Å². The molecule has 1 radical (unpaired) electrons. The van der Waals surface area contributed by atoms with Gasteiger partial charge in [0.25, 0.3) is 0 Å². The zero-order valence-electron chi connectivity index (χ0n) is 5.13. The maximum absolute atomic E-state index is 3.92. The molecular weight excluding hydrogens is 128 g/mol. The number of rotatable bonds is 1. The zero-order chi connectivity index (χ0) is 6.81. The molecule has 0 fully saturated rings. The average molecular weight is 133 g/mol. The van der Waals surface area contributed by atoms with Crippen LogP contribution in [-0.2, 0) is 0 Å². The van der Waals surface area contributed by atoms with E-state index in [4.69, 9.17) is 0 Å². The molecule has 0 atom stereocenters. The molecule has 2 aromatic heterocycles. The number of H-pyrrole nitrogens is 2. The van der Waals surface area contributed by atoms with Crippen LogP contribution in [0.4, 0.5) is 0 Å². The molecule has 0 saturated carbocycles. The van der Waals surface area contributed by atoms with Gasteiger partial charge in [0.1, 0.15) is 5.69 Å². The molecule has 0 aliphatic heterocycles. The highest BCUT2D eigenvalue weighted by Gasteiger charge is 1.98. The van der Waals surface area contributed by atoms with E-state index in [0.717, 1.165) is 11.3 Å². The van der Waals surface area contributed by atoms with Crippen molar-refractivity contribution in [1.82, 2.24) is 20.4 Å². The molecule has 4 heteroatoms. The van der Waals surface area contributed by atoms with E-state index in [0.29, 0.717) is 0 Å². The Morgan fingerprint density at radius 3 is 3.00 bits per heavy atom. The number of nitrogens with zero attached hydrogens (tertiary/aromatic N) is 2. The molecule has 4 nitrogen and oxygen atoms in total. The molecule has 0 bridgehead atoms. The second kappa shape index (κ2) is 1.98. The lowest BCUT2D eigenvalue weighted by Crippen LogP contribution is -1.71. The number of nitrogens with one attached hydrogen (secondary N) is 2. The van der Waals surface area contributed by atoms with E-state index in [1.165, 1.54) is 0 Å². The number of aromatic amines is 2. The number of hydrogen-bond donors (Lipinski definition) is 2. The van der Waals surface area contributed by atoms with E-state index in [1.54, 1.807) is 18.6 Å². The van der Waals surface area contributed by atoms with Gasteiger partial charge in [-0.05, 0) is 0 Å². The Kier molecular flexibility index (Phi) is 1.04. The first-order chi connectivity index (χ1) is 4.97. The molecule has 49 valence electrons. The highest BCUT2D eigenvalue weighted by molar-refractivity contribution is 5.54. The summed E-state index contributed by atoms with van der Waals surface area (Å²) in [5.74, 6) is 0. The SMILES string of the molecule is [c]1c[nH]nc1-c1cn[nH]c1. The van der Waals surface area contributed by atoms with Crippen LogP contribution in [0.1, 0.15) is 0 Å². The molecule has 0 aliphatic rings. The molecule has 0 spiro atoms. The van der Waals surface area contributed by atoms with Gasteiger partial charge in [0.05, 0.1) is 6.20 Å². The van der Waals surface area contributed by atoms with Gasteiger partial charge in [0.2, 0.25) is 0 Å². The van der Waals surface area contributed by atoms with Crippen LogP contribution in [0, 0.1) is 6.07 Å². The van der Waals surface area contributed by atoms with Gasteiger partial charge in [0, 0.05) is 24.0 Å². The fourth-order valence-corrected chi connectivity index (χ4v) is 0.758. The van der Waals surface area contributed by atoms with E-state index in [-0.39, 0.29) is 0 Å². The highest BCUT2D eigenvalue weighted by Crippen LogP contribution is 2.11. The Morgan fingerprint density at radius 2 is 2.40 bits per heavy atom. The van der Waals surface area contributed by atoms with E-state index < -0.39 is 0 Å². The van der Waals surface area contributed by atoms with E-state index in [2.05, 4.69) is 26.5 Å². The van der Waals surface area contributed by atoms with Gasteiger partial charge in [-0.1, -0.05) is 0 Å². The summed E-state index contributed by atoms with van der Waals surface area (Å²) < 4.78 is 0. The van der Waals surface area contributed by atoms with Crippen LogP contribution in [0.25, 0.3) is 11.3 Å². The topological polar surface area (TPSA) is 57.4 Å². The molecule has 0 aliphatic carbocycles. The third-order valence-corrected chi connectivity index (χ3v) is 1.22. The fraction of sp³-hybridized carbons (Fsp3) is 0. The molecule has 10 heavy (non-hydrogen) atoms. The Balaban J connectivity index is 2.48. The number of hydrogen-bond acceptors (Lipinski definition) is 2. The van der Waals surface area contributed by atoms with Gasteiger partial charge in [-0.15, -0.1) is 0 Å². The van der Waals surface area contributed by atoms with Crippen molar-refractivity contribution < 1.29 is 0 Å². The average Bonchev–Trinajstić information content (AvgIpc) is 2.59. The first kappa shape index (κ1) is 5.22. The minimum absolute atomic E-state index is 0.786. The molecular formula is C6H5N4. The van der Waals surface area contributed by atoms with Gasteiger partial charge in [0.15, 0.2) is 0 Å². The summed E-state index contributed by atoms with van der Waals surface area (Å²) in [5, 5.41) is 13.1. The molecule has 0 saturated heterocycles. The van der Waals surface area contributed by atoms with E-state index in [1.807, 2.05) is 0 Å². The van der Waals surface area contributed by atoms with Crippen molar-refractivity contribution in [2.45, 2.75) is 0 Å². The van der Waals surface area contributed by atoms with E-state index >= 15 is 0 Å². The first-order valence-electron chi connectivity index (χ1n) is 2.87. The molecule has 2 rings (SSSR count). The maximum Gasteiger partial charge on any atom is 0.103 e. The Hall–Kier alpha value is -1.58. The largest absolute Gasteiger partial charge is 0.285 e. The summed E-state index contributed by atoms with van der Waals surface area (Å²) in [6, 6.07) is 2.91. The Labute approximate surface area is 57.3 Å². The van der Waals surface area contributed by atoms with Gasteiger partial charge < -0.3 is 0 Å². The molecule has 2 N–H and O–H groups in total.